The number of carbonyl (C=O) groups is 2. The largest absolute Gasteiger partial charge is 0.383 e. The van der Waals surface area contributed by atoms with Crippen LogP contribution in [-0.4, -0.2) is 34.0 Å². The van der Waals surface area contributed by atoms with E-state index in [4.69, 9.17) is 0 Å². The van der Waals surface area contributed by atoms with Gasteiger partial charge in [0.1, 0.15) is 6.10 Å². The number of aliphatic hydroxyl groups excluding tert-OH is 1. The summed E-state index contributed by atoms with van der Waals surface area (Å²) in [5, 5.41) is 9.97. The third kappa shape index (κ3) is 4.28. The van der Waals surface area contributed by atoms with Gasteiger partial charge in [0.25, 0.3) is 5.91 Å². The van der Waals surface area contributed by atoms with Crippen LogP contribution in [0, 0.1) is 5.41 Å². The predicted octanol–water partition coefficient (Wildman–Crippen LogP) is 3.82. The number of hydrogen-bond donors (Lipinski definition) is 1. The second-order valence-corrected chi connectivity index (χ2v) is 8.27. The average Bonchev–Trinajstić information content (AvgIpc) is 2.93. The molecule has 2 aromatic rings. The molecule has 0 spiro atoms. The summed E-state index contributed by atoms with van der Waals surface area (Å²) in [5.41, 5.74) is 2.85. The molecule has 2 atom stereocenters. The summed E-state index contributed by atoms with van der Waals surface area (Å²) in [6.07, 6.45) is 0.674. The van der Waals surface area contributed by atoms with Crippen molar-refractivity contribution < 1.29 is 14.7 Å². The molecule has 0 aliphatic carbocycles. The molecule has 1 N–H and O–H groups in total. The number of rotatable bonds is 4. The first-order chi connectivity index (χ1) is 12.8. The summed E-state index contributed by atoms with van der Waals surface area (Å²) in [4.78, 5) is 26.2. The summed E-state index contributed by atoms with van der Waals surface area (Å²) in [5.74, 6) is -0.673. The highest BCUT2D eigenvalue weighted by atomic mass is 16.3. The lowest BCUT2D eigenvalue weighted by atomic mass is 9.93. The Balaban J connectivity index is 1.68. The van der Waals surface area contributed by atoms with Gasteiger partial charge in [-0.15, -0.1) is 0 Å². The van der Waals surface area contributed by atoms with Crippen LogP contribution in [0.4, 0.5) is 0 Å². The fraction of sp³-hybridized carbons (Fsp3) is 0.391. The minimum atomic E-state index is -1.07. The van der Waals surface area contributed by atoms with E-state index in [0.717, 1.165) is 17.5 Å². The first-order valence-corrected chi connectivity index (χ1v) is 9.47. The molecule has 0 bridgehead atoms. The zero-order valence-corrected chi connectivity index (χ0v) is 16.2. The average molecular weight is 365 g/mol. The van der Waals surface area contributed by atoms with Crippen LogP contribution in [0.1, 0.15) is 39.2 Å². The third-order valence-electron chi connectivity index (χ3n) is 5.07. The van der Waals surface area contributed by atoms with Gasteiger partial charge in [0.2, 0.25) is 5.91 Å². The normalized spacial score (nSPS) is 20.1. The van der Waals surface area contributed by atoms with E-state index in [2.05, 4.69) is 36.4 Å². The summed E-state index contributed by atoms with van der Waals surface area (Å²) in [6.45, 7) is 5.39. The van der Waals surface area contributed by atoms with E-state index >= 15 is 0 Å². The molecule has 0 saturated carbocycles. The first kappa shape index (κ1) is 19.3. The molecule has 142 valence electrons. The third-order valence-corrected chi connectivity index (χ3v) is 5.07. The predicted molar refractivity (Wildman–Crippen MR) is 106 cm³/mol. The smallest absolute Gasteiger partial charge is 0.258 e. The van der Waals surface area contributed by atoms with E-state index in [1.54, 1.807) is 20.8 Å². The number of carbonyl (C=O) groups excluding carboxylic acids is 2. The lowest BCUT2D eigenvalue weighted by Gasteiger charge is -2.29. The van der Waals surface area contributed by atoms with Crippen molar-refractivity contribution in [2.75, 3.05) is 0 Å². The highest BCUT2D eigenvalue weighted by molar-refractivity contribution is 6.01. The number of amides is 2. The van der Waals surface area contributed by atoms with E-state index in [1.165, 1.54) is 10.5 Å². The Hall–Kier alpha value is -2.46. The molecule has 0 radical (unpaired) electrons. The summed E-state index contributed by atoms with van der Waals surface area (Å²) < 4.78 is 0. The van der Waals surface area contributed by atoms with Crippen LogP contribution < -0.4 is 0 Å². The van der Waals surface area contributed by atoms with Gasteiger partial charge < -0.3 is 5.11 Å². The molecular formula is C23H27NO3. The minimum absolute atomic E-state index is 0.214. The molecule has 3 rings (SSSR count). The Kier molecular flexibility index (Phi) is 5.47. The number of aliphatic hydroxyl groups is 1. The SMILES string of the molecule is CC(C)(C)C(=O)N1C(=O)[C@H](O)C[C@H]1CCc1ccc(-c2ccccc2)cc1. The maximum Gasteiger partial charge on any atom is 0.258 e. The Labute approximate surface area is 160 Å². The number of imide groups is 1. The van der Waals surface area contributed by atoms with Crippen LogP contribution in [0.5, 0.6) is 0 Å². The maximum atomic E-state index is 12.6. The van der Waals surface area contributed by atoms with Crippen LogP contribution in [0.25, 0.3) is 11.1 Å². The molecule has 1 aliphatic rings. The first-order valence-electron chi connectivity index (χ1n) is 9.47. The standard InChI is InChI=1S/C23H27NO3/c1-23(2,3)22(27)24-19(15-20(25)21(24)26)14-11-16-9-12-18(13-10-16)17-7-5-4-6-8-17/h4-10,12-13,19-20,25H,11,14-15H2,1-3H3/t19-,20-/m1/s1. The van der Waals surface area contributed by atoms with Crippen molar-refractivity contribution in [1.82, 2.24) is 4.90 Å². The van der Waals surface area contributed by atoms with Gasteiger partial charge >= 0.3 is 0 Å². The van der Waals surface area contributed by atoms with Gasteiger partial charge in [-0.1, -0.05) is 75.4 Å². The molecule has 1 aliphatic heterocycles. The molecule has 2 aromatic carbocycles. The van der Waals surface area contributed by atoms with Crippen LogP contribution in [0.2, 0.25) is 0 Å². The van der Waals surface area contributed by atoms with Gasteiger partial charge in [-0.2, -0.15) is 0 Å². The van der Waals surface area contributed by atoms with Crippen molar-refractivity contribution in [2.24, 2.45) is 5.41 Å². The molecule has 1 saturated heterocycles. The second kappa shape index (κ2) is 7.65. The molecule has 0 aromatic heterocycles. The highest BCUT2D eigenvalue weighted by Gasteiger charge is 2.44. The number of likely N-dealkylation sites (tertiary alicyclic amines) is 1. The van der Waals surface area contributed by atoms with E-state index in [-0.39, 0.29) is 11.9 Å². The van der Waals surface area contributed by atoms with E-state index < -0.39 is 17.4 Å². The van der Waals surface area contributed by atoms with Crippen molar-refractivity contribution in [1.29, 1.82) is 0 Å². The van der Waals surface area contributed by atoms with Gasteiger partial charge in [0.05, 0.1) is 0 Å². The monoisotopic (exact) mass is 365 g/mol. The summed E-state index contributed by atoms with van der Waals surface area (Å²) >= 11 is 0. The fourth-order valence-electron chi connectivity index (χ4n) is 3.51. The number of nitrogens with zero attached hydrogens (tertiary/aromatic N) is 1. The second-order valence-electron chi connectivity index (χ2n) is 8.27. The molecule has 0 unspecified atom stereocenters. The lowest BCUT2D eigenvalue weighted by Crippen LogP contribution is -2.46. The Bertz CT molecular complexity index is 806. The fourth-order valence-corrected chi connectivity index (χ4v) is 3.51. The van der Waals surface area contributed by atoms with E-state index in [1.807, 2.05) is 18.2 Å². The summed E-state index contributed by atoms with van der Waals surface area (Å²) in [7, 11) is 0. The van der Waals surface area contributed by atoms with Gasteiger partial charge in [-0.3, -0.25) is 14.5 Å². The van der Waals surface area contributed by atoms with Crippen LogP contribution in [0.3, 0.4) is 0 Å². The van der Waals surface area contributed by atoms with Crippen LogP contribution in [0.15, 0.2) is 54.6 Å². The topological polar surface area (TPSA) is 57.6 Å². The molecule has 2 amide bonds. The summed E-state index contributed by atoms with van der Waals surface area (Å²) in [6, 6.07) is 18.3. The highest BCUT2D eigenvalue weighted by Crippen LogP contribution is 2.29. The Morgan fingerprint density at radius 1 is 1.04 bits per heavy atom. The van der Waals surface area contributed by atoms with E-state index in [9.17, 15) is 14.7 Å². The zero-order valence-electron chi connectivity index (χ0n) is 16.2. The molecule has 4 nitrogen and oxygen atoms in total. The van der Waals surface area contributed by atoms with Gasteiger partial charge in [-0.25, -0.2) is 0 Å². The molecular weight excluding hydrogens is 338 g/mol. The molecule has 1 heterocycles. The number of aryl methyl sites for hydroxylation is 1. The maximum absolute atomic E-state index is 12.6. The van der Waals surface area contributed by atoms with Gasteiger partial charge in [0, 0.05) is 17.9 Å². The number of benzene rings is 2. The molecule has 27 heavy (non-hydrogen) atoms. The van der Waals surface area contributed by atoms with E-state index in [0.29, 0.717) is 12.8 Å². The van der Waals surface area contributed by atoms with Crippen molar-refractivity contribution >= 4 is 11.8 Å². The Morgan fingerprint density at radius 2 is 1.63 bits per heavy atom. The molecule has 1 fully saturated rings. The molecule has 4 heteroatoms. The van der Waals surface area contributed by atoms with Crippen molar-refractivity contribution in [3.63, 3.8) is 0 Å². The van der Waals surface area contributed by atoms with Crippen molar-refractivity contribution in [2.45, 2.75) is 52.2 Å². The van der Waals surface area contributed by atoms with Gasteiger partial charge in [-0.05, 0) is 29.5 Å². The number of hydrogen-bond acceptors (Lipinski definition) is 3. The van der Waals surface area contributed by atoms with Crippen molar-refractivity contribution in [3.05, 3.63) is 60.2 Å². The van der Waals surface area contributed by atoms with Gasteiger partial charge in [0.15, 0.2) is 0 Å². The minimum Gasteiger partial charge on any atom is -0.383 e. The van der Waals surface area contributed by atoms with Crippen LogP contribution in [-0.2, 0) is 16.0 Å². The lowest BCUT2D eigenvalue weighted by molar-refractivity contribution is -0.152. The van der Waals surface area contributed by atoms with Crippen molar-refractivity contribution in [3.8, 4) is 11.1 Å². The van der Waals surface area contributed by atoms with Crippen LogP contribution >= 0.6 is 0 Å². The Morgan fingerprint density at radius 3 is 2.22 bits per heavy atom. The quantitative estimate of drug-likeness (QED) is 0.896. The zero-order chi connectivity index (χ0) is 19.6.